The van der Waals surface area contributed by atoms with Crippen LogP contribution in [-0.4, -0.2) is 36.6 Å². The Labute approximate surface area is 156 Å². The zero-order chi connectivity index (χ0) is 19.4. The summed E-state index contributed by atoms with van der Waals surface area (Å²) in [6, 6.07) is 11.9. The van der Waals surface area contributed by atoms with Gasteiger partial charge in [-0.2, -0.15) is 13.2 Å². The van der Waals surface area contributed by atoms with Gasteiger partial charge < -0.3 is 9.64 Å². The van der Waals surface area contributed by atoms with Crippen molar-refractivity contribution in [2.75, 3.05) is 19.7 Å². The first-order chi connectivity index (χ1) is 12.9. The summed E-state index contributed by atoms with van der Waals surface area (Å²) in [6.45, 7) is 3.70. The smallest absolute Gasteiger partial charge is 0.376 e. The third-order valence-electron chi connectivity index (χ3n) is 4.80. The Balaban J connectivity index is 1.87. The van der Waals surface area contributed by atoms with Gasteiger partial charge in [0.05, 0.1) is 11.7 Å². The number of alkyl halides is 3. The fourth-order valence-corrected chi connectivity index (χ4v) is 3.32. The standard InChI is InChI=1S/C21H22F3NO2/c1-2-25(14-17-6-5-13-27-17)20(26)19-8-4-3-7-18(19)15-9-11-16(12-10-15)21(22,23)24/h3-4,7-12,17H,2,5-6,13-14H2,1H3. The van der Waals surface area contributed by atoms with Crippen molar-refractivity contribution >= 4 is 5.91 Å². The van der Waals surface area contributed by atoms with Crippen LogP contribution in [0.2, 0.25) is 0 Å². The van der Waals surface area contributed by atoms with Gasteiger partial charge in [-0.3, -0.25) is 4.79 Å². The van der Waals surface area contributed by atoms with Gasteiger partial charge in [-0.1, -0.05) is 30.3 Å². The molecule has 1 unspecified atom stereocenters. The lowest BCUT2D eigenvalue weighted by atomic mass is 9.97. The van der Waals surface area contributed by atoms with Crippen LogP contribution in [0.25, 0.3) is 11.1 Å². The molecule has 2 aromatic carbocycles. The second-order valence-corrected chi connectivity index (χ2v) is 6.60. The molecule has 1 saturated heterocycles. The van der Waals surface area contributed by atoms with Crippen molar-refractivity contribution in [3.05, 3.63) is 59.7 Å². The van der Waals surface area contributed by atoms with Crippen LogP contribution in [0.1, 0.15) is 35.7 Å². The number of carbonyl (C=O) groups excluding carboxylic acids is 1. The van der Waals surface area contributed by atoms with E-state index in [1.54, 1.807) is 29.2 Å². The van der Waals surface area contributed by atoms with Crippen LogP contribution in [-0.2, 0) is 10.9 Å². The molecule has 1 atom stereocenters. The molecule has 0 spiro atoms. The molecule has 0 saturated carbocycles. The van der Waals surface area contributed by atoms with Crippen molar-refractivity contribution in [3.63, 3.8) is 0 Å². The van der Waals surface area contributed by atoms with Crippen LogP contribution in [0.15, 0.2) is 48.5 Å². The lowest BCUT2D eigenvalue weighted by Gasteiger charge is -2.25. The van der Waals surface area contributed by atoms with Gasteiger partial charge in [0.25, 0.3) is 5.91 Å². The van der Waals surface area contributed by atoms with Crippen molar-refractivity contribution in [2.45, 2.75) is 32.0 Å². The number of benzene rings is 2. The number of nitrogens with zero attached hydrogens (tertiary/aromatic N) is 1. The number of amides is 1. The number of carbonyl (C=O) groups is 1. The Morgan fingerprint density at radius 2 is 1.85 bits per heavy atom. The minimum atomic E-state index is -4.38. The molecule has 2 aromatic rings. The lowest BCUT2D eigenvalue weighted by molar-refractivity contribution is -0.137. The number of rotatable bonds is 5. The zero-order valence-corrected chi connectivity index (χ0v) is 15.1. The summed E-state index contributed by atoms with van der Waals surface area (Å²) in [5, 5.41) is 0. The number of hydrogen-bond acceptors (Lipinski definition) is 2. The molecule has 144 valence electrons. The molecular formula is C21H22F3NO2. The maximum atomic E-state index is 13.1. The molecule has 0 aliphatic carbocycles. The molecule has 1 aliphatic heterocycles. The molecule has 3 nitrogen and oxygen atoms in total. The molecule has 27 heavy (non-hydrogen) atoms. The van der Waals surface area contributed by atoms with Crippen LogP contribution in [0.5, 0.6) is 0 Å². The van der Waals surface area contributed by atoms with E-state index in [0.29, 0.717) is 29.8 Å². The normalized spacial score (nSPS) is 17.1. The van der Waals surface area contributed by atoms with Crippen LogP contribution in [0, 0.1) is 0 Å². The summed E-state index contributed by atoms with van der Waals surface area (Å²) >= 11 is 0. The number of halogens is 3. The first kappa shape index (κ1) is 19.4. The predicted octanol–water partition coefficient (Wildman–Crippen LogP) is 5.01. The van der Waals surface area contributed by atoms with Crippen molar-refractivity contribution in [1.82, 2.24) is 4.90 Å². The number of hydrogen-bond donors (Lipinski definition) is 0. The molecule has 0 aromatic heterocycles. The van der Waals surface area contributed by atoms with Gasteiger partial charge in [0, 0.05) is 25.3 Å². The Bertz CT molecular complexity index is 781. The minimum Gasteiger partial charge on any atom is -0.376 e. The molecular weight excluding hydrogens is 355 g/mol. The second-order valence-electron chi connectivity index (χ2n) is 6.60. The lowest BCUT2D eigenvalue weighted by Crippen LogP contribution is -2.37. The maximum absolute atomic E-state index is 13.1. The molecule has 1 fully saturated rings. The largest absolute Gasteiger partial charge is 0.416 e. The first-order valence-electron chi connectivity index (χ1n) is 9.07. The fraction of sp³-hybridized carbons (Fsp3) is 0.381. The summed E-state index contributed by atoms with van der Waals surface area (Å²) in [4.78, 5) is 14.8. The summed E-state index contributed by atoms with van der Waals surface area (Å²) in [5.74, 6) is -0.136. The van der Waals surface area contributed by atoms with Crippen LogP contribution >= 0.6 is 0 Å². The van der Waals surface area contributed by atoms with E-state index < -0.39 is 11.7 Å². The number of ether oxygens (including phenoxy) is 1. The van der Waals surface area contributed by atoms with E-state index in [0.717, 1.165) is 31.6 Å². The van der Waals surface area contributed by atoms with Crippen molar-refractivity contribution < 1.29 is 22.7 Å². The highest BCUT2D eigenvalue weighted by atomic mass is 19.4. The highest BCUT2D eigenvalue weighted by molar-refractivity contribution is 6.00. The molecule has 3 rings (SSSR count). The maximum Gasteiger partial charge on any atom is 0.416 e. The molecule has 0 radical (unpaired) electrons. The van der Waals surface area contributed by atoms with Crippen molar-refractivity contribution in [1.29, 1.82) is 0 Å². The van der Waals surface area contributed by atoms with Gasteiger partial charge >= 0.3 is 6.18 Å². The summed E-state index contributed by atoms with van der Waals surface area (Å²) in [5.41, 5.74) is 0.989. The van der Waals surface area contributed by atoms with E-state index in [-0.39, 0.29) is 12.0 Å². The first-order valence-corrected chi connectivity index (χ1v) is 9.07. The van der Waals surface area contributed by atoms with E-state index >= 15 is 0 Å². The zero-order valence-electron chi connectivity index (χ0n) is 15.1. The second kappa shape index (κ2) is 8.13. The van der Waals surface area contributed by atoms with Crippen LogP contribution in [0.3, 0.4) is 0 Å². The Morgan fingerprint density at radius 3 is 2.44 bits per heavy atom. The van der Waals surface area contributed by atoms with Gasteiger partial charge in [-0.25, -0.2) is 0 Å². The highest BCUT2D eigenvalue weighted by Gasteiger charge is 2.30. The molecule has 0 N–H and O–H groups in total. The van der Waals surface area contributed by atoms with Gasteiger partial charge in [-0.05, 0) is 49.1 Å². The van der Waals surface area contributed by atoms with Crippen molar-refractivity contribution in [3.8, 4) is 11.1 Å². The predicted molar refractivity (Wildman–Crippen MR) is 97.4 cm³/mol. The third kappa shape index (κ3) is 4.50. The van der Waals surface area contributed by atoms with Gasteiger partial charge in [0.1, 0.15) is 0 Å². The van der Waals surface area contributed by atoms with Gasteiger partial charge in [0.2, 0.25) is 0 Å². The Hall–Kier alpha value is -2.34. The van der Waals surface area contributed by atoms with E-state index in [1.165, 1.54) is 12.1 Å². The van der Waals surface area contributed by atoms with Crippen LogP contribution < -0.4 is 0 Å². The highest BCUT2D eigenvalue weighted by Crippen LogP contribution is 2.32. The van der Waals surface area contributed by atoms with E-state index in [4.69, 9.17) is 4.74 Å². The SMILES string of the molecule is CCN(CC1CCCO1)C(=O)c1ccccc1-c1ccc(C(F)(F)F)cc1. The van der Waals surface area contributed by atoms with Gasteiger partial charge in [0.15, 0.2) is 0 Å². The minimum absolute atomic E-state index is 0.0483. The fourth-order valence-electron chi connectivity index (χ4n) is 3.32. The molecule has 1 aliphatic rings. The monoisotopic (exact) mass is 377 g/mol. The number of likely N-dealkylation sites (N-methyl/N-ethyl adjacent to an activating group) is 1. The Morgan fingerprint density at radius 1 is 1.15 bits per heavy atom. The van der Waals surface area contributed by atoms with Crippen LogP contribution in [0.4, 0.5) is 13.2 Å². The van der Waals surface area contributed by atoms with E-state index in [2.05, 4.69) is 0 Å². The molecule has 1 heterocycles. The molecule has 0 bridgehead atoms. The average molecular weight is 377 g/mol. The van der Waals surface area contributed by atoms with Gasteiger partial charge in [-0.15, -0.1) is 0 Å². The third-order valence-corrected chi connectivity index (χ3v) is 4.80. The summed E-state index contributed by atoms with van der Waals surface area (Å²) < 4.78 is 44.0. The summed E-state index contributed by atoms with van der Waals surface area (Å²) in [7, 11) is 0. The molecule has 1 amide bonds. The quantitative estimate of drug-likeness (QED) is 0.733. The Kier molecular flexibility index (Phi) is 5.85. The summed E-state index contributed by atoms with van der Waals surface area (Å²) in [6.07, 6.45) is -2.40. The van der Waals surface area contributed by atoms with E-state index in [9.17, 15) is 18.0 Å². The van der Waals surface area contributed by atoms with E-state index in [1.807, 2.05) is 6.92 Å². The average Bonchev–Trinajstić information content (AvgIpc) is 3.18. The van der Waals surface area contributed by atoms with Crippen molar-refractivity contribution in [2.24, 2.45) is 0 Å². The molecule has 6 heteroatoms. The topological polar surface area (TPSA) is 29.5 Å².